The molecule has 100 valence electrons. The second kappa shape index (κ2) is 5.72. The lowest BCUT2D eigenvalue weighted by molar-refractivity contribution is -0.160. The first kappa shape index (κ1) is 15.0. The third kappa shape index (κ3) is 3.47. The molecule has 0 spiro atoms. The molecule has 0 radical (unpaired) electrons. The van der Waals surface area contributed by atoms with Crippen LogP contribution in [0.5, 0.6) is 0 Å². The first-order valence-corrected chi connectivity index (χ1v) is 5.98. The molecular weight excluding hydrogens is 250 g/mol. The zero-order valence-electron chi connectivity index (χ0n) is 11.0. The van der Waals surface area contributed by atoms with Crippen LogP contribution in [0.3, 0.4) is 0 Å². The average molecular weight is 270 g/mol. The van der Waals surface area contributed by atoms with E-state index in [1.807, 2.05) is 39.0 Å². The molecule has 0 unspecified atom stereocenters. The number of esters is 1. The van der Waals surface area contributed by atoms with Crippen LogP contribution in [-0.4, -0.2) is 24.2 Å². The molecule has 2 atom stereocenters. The molecular formula is C14H20ClNO2. The highest BCUT2D eigenvalue weighted by molar-refractivity contribution is 5.85. The van der Waals surface area contributed by atoms with E-state index in [0.29, 0.717) is 0 Å². The summed E-state index contributed by atoms with van der Waals surface area (Å²) in [7, 11) is 0. The van der Waals surface area contributed by atoms with E-state index in [1.165, 1.54) is 5.56 Å². The summed E-state index contributed by atoms with van der Waals surface area (Å²) in [6, 6.07) is 9.90. The molecule has 2 rings (SSSR count). The van der Waals surface area contributed by atoms with Crippen molar-refractivity contribution >= 4 is 18.4 Å². The van der Waals surface area contributed by atoms with Crippen LogP contribution < -0.4 is 5.32 Å². The van der Waals surface area contributed by atoms with Crippen LogP contribution in [-0.2, 0) is 9.53 Å². The lowest BCUT2D eigenvalue weighted by Gasteiger charge is -2.38. The van der Waals surface area contributed by atoms with Gasteiger partial charge in [-0.2, -0.15) is 0 Å². The predicted molar refractivity (Wildman–Crippen MR) is 74.1 cm³/mol. The molecule has 0 aliphatic carbocycles. The molecule has 1 fully saturated rings. The molecule has 18 heavy (non-hydrogen) atoms. The third-order valence-electron chi connectivity index (χ3n) is 2.85. The maximum Gasteiger partial charge on any atom is 0.324 e. The number of nitrogens with one attached hydrogen (secondary N) is 1. The first-order valence-electron chi connectivity index (χ1n) is 5.98. The van der Waals surface area contributed by atoms with Gasteiger partial charge in [0.1, 0.15) is 11.6 Å². The molecule has 1 heterocycles. The van der Waals surface area contributed by atoms with Crippen molar-refractivity contribution in [2.24, 2.45) is 0 Å². The smallest absolute Gasteiger partial charge is 0.324 e. The molecule has 1 saturated heterocycles. The van der Waals surface area contributed by atoms with Crippen LogP contribution in [0.15, 0.2) is 30.3 Å². The fourth-order valence-electron chi connectivity index (χ4n) is 1.98. The molecule has 1 N–H and O–H groups in total. The molecule has 1 aliphatic rings. The fraction of sp³-hybridized carbons (Fsp3) is 0.500. The predicted octanol–water partition coefficient (Wildman–Crippen LogP) is 2.51. The summed E-state index contributed by atoms with van der Waals surface area (Å²) >= 11 is 0. The molecule has 3 nitrogen and oxygen atoms in total. The van der Waals surface area contributed by atoms with Gasteiger partial charge < -0.3 is 10.1 Å². The zero-order valence-corrected chi connectivity index (χ0v) is 11.8. The Kier molecular flexibility index (Phi) is 4.77. The van der Waals surface area contributed by atoms with Crippen LogP contribution in [0.25, 0.3) is 0 Å². The Hall–Kier alpha value is -1.06. The number of carbonyl (C=O) groups is 1. The zero-order chi connectivity index (χ0) is 12.5. The van der Waals surface area contributed by atoms with E-state index in [9.17, 15) is 4.79 Å². The van der Waals surface area contributed by atoms with E-state index < -0.39 is 5.60 Å². The number of hydrogen-bond acceptors (Lipinski definition) is 3. The van der Waals surface area contributed by atoms with Gasteiger partial charge in [0.25, 0.3) is 0 Å². The number of halogens is 1. The fourth-order valence-corrected chi connectivity index (χ4v) is 1.98. The minimum Gasteiger partial charge on any atom is -0.459 e. The molecule has 4 heteroatoms. The first-order chi connectivity index (χ1) is 7.97. The highest BCUT2D eigenvalue weighted by Gasteiger charge is 2.39. The summed E-state index contributed by atoms with van der Waals surface area (Å²) in [5.74, 6) is 0.0867. The van der Waals surface area contributed by atoms with Gasteiger partial charge in [0.05, 0.1) is 0 Å². The Balaban J connectivity index is 0.00000162. The van der Waals surface area contributed by atoms with E-state index in [1.54, 1.807) is 0 Å². The van der Waals surface area contributed by atoms with Crippen molar-refractivity contribution in [2.45, 2.75) is 38.3 Å². The number of rotatable bonds is 2. The van der Waals surface area contributed by atoms with Crippen molar-refractivity contribution in [3.63, 3.8) is 0 Å². The molecule has 0 amide bonds. The summed E-state index contributed by atoms with van der Waals surface area (Å²) in [5.41, 5.74) is 0.775. The van der Waals surface area contributed by atoms with Crippen molar-refractivity contribution in [2.75, 3.05) is 6.54 Å². The second-order valence-electron chi connectivity index (χ2n) is 5.44. The topological polar surface area (TPSA) is 38.3 Å². The van der Waals surface area contributed by atoms with Crippen LogP contribution in [0.2, 0.25) is 0 Å². The Labute approximate surface area is 114 Å². The van der Waals surface area contributed by atoms with E-state index >= 15 is 0 Å². The summed E-state index contributed by atoms with van der Waals surface area (Å²) in [6.45, 7) is 6.51. The van der Waals surface area contributed by atoms with E-state index in [2.05, 4.69) is 17.4 Å². The molecule has 1 aromatic carbocycles. The van der Waals surface area contributed by atoms with Gasteiger partial charge in [0, 0.05) is 12.5 Å². The number of carbonyl (C=O) groups excluding carboxylic acids is 1. The Morgan fingerprint density at radius 3 is 2.33 bits per heavy atom. The van der Waals surface area contributed by atoms with Crippen LogP contribution >= 0.6 is 12.4 Å². The van der Waals surface area contributed by atoms with Gasteiger partial charge in [-0.05, 0) is 26.3 Å². The van der Waals surface area contributed by atoms with E-state index in [4.69, 9.17) is 4.74 Å². The highest BCUT2D eigenvalue weighted by atomic mass is 35.5. The van der Waals surface area contributed by atoms with Gasteiger partial charge in [-0.15, -0.1) is 12.4 Å². The standard InChI is InChI=1S/C14H19NO2.ClH/c1-14(2,3)17-13(16)12-11(9-15-12)10-7-5-4-6-8-10;/h4-8,11-12,15H,9H2,1-3H3;1H/t11-,12+;/m0./s1. The average Bonchev–Trinajstić information content (AvgIpc) is 2.14. The van der Waals surface area contributed by atoms with Crippen molar-refractivity contribution in [3.8, 4) is 0 Å². The van der Waals surface area contributed by atoms with Gasteiger partial charge >= 0.3 is 5.97 Å². The van der Waals surface area contributed by atoms with Crippen molar-refractivity contribution in [1.29, 1.82) is 0 Å². The van der Waals surface area contributed by atoms with Crippen molar-refractivity contribution < 1.29 is 9.53 Å². The molecule has 0 bridgehead atoms. The maximum absolute atomic E-state index is 11.9. The Morgan fingerprint density at radius 1 is 1.28 bits per heavy atom. The van der Waals surface area contributed by atoms with Gasteiger partial charge in [0.2, 0.25) is 0 Å². The van der Waals surface area contributed by atoms with Gasteiger partial charge in [-0.1, -0.05) is 30.3 Å². The summed E-state index contributed by atoms with van der Waals surface area (Å²) in [4.78, 5) is 11.9. The van der Waals surface area contributed by atoms with Gasteiger partial charge in [0.15, 0.2) is 0 Å². The third-order valence-corrected chi connectivity index (χ3v) is 2.85. The Bertz CT molecular complexity index is 400. The SMILES string of the molecule is CC(C)(C)OC(=O)[C@@H]1NC[C@H]1c1ccccc1.Cl. The van der Waals surface area contributed by atoms with E-state index in [-0.39, 0.29) is 30.3 Å². The highest BCUT2D eigenvalue weighted by Crippen LogP contribution is 2.27. The minimum absolute atomic E-state index is 0. The normalized spacial score (nSPS) is 22.6. The lowest BCUT2D eigenvalue weighted by Crippen LogP contribution is -2.57. The summed E-state index contributed by atoms with van der Waals surface area (Å²) < 4.78 is 5.39. The maximum atomic E-state index is 11.9. The van der Waals surface area contributed by atoms with Gasteiger partial charge in [-0.3, -0.25) is 4.79 Å². The number of hydrogen-bond donors (Lipinski definition) is 1. The summed E-state index contributed by atoms with van der Waals surface area (Å²) in [5, 5.41) is 3.14. The monoisotopic (exact) mass is 269 g/mol. The minimum atomic E-state index is -0.421. The van der Waals surface area contributed by atoms with Gasteiger partial charge in [-0.25, -0.2) is 0 Å². The van der Waals surface area contributed by atoms with Crippen LogP contribution in [0, 0.1) is 0 Å². The van der Waals surface area contributed by atoms with Crippen molar-refractivity contribution in [3.05, 3.63) is 35.9 Å². The molecule has 1 aliphatic heterocycles. The molecule has 1 aromatic rings. The Morgan fingerprint density at radius 2 is 1.89 bits per heavy atom. The lowest BCUT2D eigenvalue weighted by atomic mass is 9.85. The molecule has 0 saturated carbocycles. The quantitative estimate of drug-likeness (QED) is 0.839. The number of ether oxygens (including phenoxy) is 1. The van der Waals surface area contributed by atoms with Crippen LogP contribution in [0.4, 0.5) is 0 Å². The van der Waals surface area contributed by atoms with Crippen LogP contribution in [0.1, 0.15) is 32.3 Å². The summed E-state index contributed by atoms with van der Waals surface area (Å²) in [6.07, 6.45) is 0. The molecule has 0 aromatic heterocycles. The van der Waals surface area contributed by atoms with Crippen molar-refractivity contribution in [1.82, 2.24) is 5.32 Å². The largest absolute Gasteiger partial charge is 0.459 e. The number of benzene rings is 1. The van der Waals surface area contributed by atoms with E-state index in [0.717, 1.165) is 6.54 Å². The second-order valence-corrected chi connectivity index (χ2v) is 5.44.